The molecule has 4 heterocycles. The quantitative estimate of drug-likeness (QED) is 0.454. The number of alkyl halides is 1. The maximum atomic E-state index is 15.7. The smallest absolute Gasteiger partial charge is 0.181 e. The molecule has 0 spiro atoms. The van der Waals surface area contributed by atoms with E-state index in [1.54, 1.807) is 17.8 Å². The summed E-state index contributed by atoms with van der Waals surface area (Å²) in [5.74, 6) is 0.353. The lowest BCUT2D eigenvalue weighted by molar-refractivity contribution is 0.109. The van der Waals surface area contributed by atoms with E-state index in [0.29, 0.717) is 30.1 Å². The number of benzene rings is 1. The minimum atomic E-state index is -1.54. The van der Waals surface area contributed by atoms with Crippen molar-refractivity contribution in [3.8, 4) is 17.2 Å². The average molecular weight is 459 g/mol. The summed E-state index contributed by atoms with van der Waals surface area (Å²) in [7, 11) is 1.76. The number of fused-ring (bicyclic) bond motifs is 1. The Balaban J connectivity index is 1.52. The van der Waals surface area contributed by atoms with Crippen molar-refractivity contribution < 1.29 is 4.39 Å². The molecule has 8 nitrogen and oxygen atoms in total. The number of rotatable bonds is 3. The molecule has 1 aromatic carbocycles. The summed E-state index contributed by atoms with van der Waals surface area (Å²) in [4.78, 5) is 6.69. The van der Waals surface area contributed by atoms with Crippen LogP contribution in [0.3, 0.4) is 0 Å². The van der Waals surface area contributed by atoms with Crippen LogP contribution < -0.4 is 4.90 Å². The second kappa shape index (κ2) is 7.90. The molecule has 0 amide bonds. The van der Waals surface area contributed by atoms with Crippen LogP contribution in [0.15, 0.2) is 43.0 Å². The summed E-state index contributed by atoms with van der Waals surface area (Å²) in [5, 5.41) is 23.3. The number of anilines is 1. The van der Waals surface area contributed by atoms with E-state index in [-0.39, 0.29) is 18.4 Å². The van der Waals surface area contributed by atoms with Gasteiger partial charge < -0.3 is 9.47 Å². The van der Waals surface area contributed by atoms with Crippen LogP contribution in [0.5, 0.6) is 0 Å². The van der Waals surface area contributed by atoms with E-state index < -0.39 is 5.67 Å². The van der Waals surface area contributed by atoms with Crippen molar-refractivity contribution in [2.45, 2.75) is 44.8 Å². The molecular weight excluding hydrogens is 431 g/mol. The van der Waals surface area contributed by atoms with Crippen molar-refractivity contribution >= 4 is 16.7 Å². The van der Waals surface area contributed by atoms with Crippen LogP contribution in [0.4, 0.5) is 10.1 Å². The molecule has 174 valence electrons. The molecule has 5 rings (SSSR count). The molecule has 0 aliphatic carbocycles. The second-order valence-electron chi connectivity index (χ2n) is 9.91. The van der Waals surface area contributed by atoms with Crippen LogP contribution in [0.2, 0.25) is 0 Å². The number of aryl methyl sites for hydroxylation is 1. The van der Waals surface area contributed by atoms with E-state index in [2.05, 4.69) is 58.1 Å². The molecule has 1 aliphatic heterocycles. The van der Waals surface area contributed by atoms with Gasteiger partial charge in [0.15, 0.2) is 17.1 Å². The van der Waals surface area contributed by atoms with E-state index in [1.807, 2.05) is 29.1 Å². The highest BCUT2D eigenvalue weighted by molar-refractivity contribution is 5.87. The van der Waals surface area contributed by atoms with E-state index >= 15 is 4.39 Å². The number of nitriles is 1. The minimum absolute atomic E-state index is 0.151. The van der Waals surface area contributed by atoms with Gasteiger partial charge in [-0.3, -0.25) is 4.68 Å². The average Bonchev–Trinajstić information content (AvgIpc) is 3.45. The topological polar surface area (TPSA) is 88.4 Å². The minimum Gasteiger partial charge on any atom is -0.370 e. The Labute approximate surface area is 197 Å². The summed E-state index contributed by atoms with van der Waals surface area (Å²) in [6, 6.07) is 10.1. The van der Waals surface area contributed by atoms with Gasteiger partial charge in [0.25, 0.3) is 0 Å². The predicted molar refractivity (Wildman–Crippen MR) is 128 cm³/mol. The lowest BCUT2D eigenvalue weighted by Crippen LogP contribution is -2.42. The molecule has 1 fully saturated rings. The Kier molecular flexibility index (Phi) is 5.12. The first-order chi connectivity index (χ1) is 16.2. The molecule has 9 heteroatoms. The van der Waals surface area contributed by atoms with Crippen LogP contribution in [0.1, 0.15) is 45.0 Å². The zero-order chi connectivity index (χ0) is 24.1. The summed E-state index contributed by atoms with van der Waals surface area (Å²) >= 11 is 0. The maximum absolute atomic E-state index is 15.7. The molecule has 3 aromatic heterocycles. The van der Waals surface area contributed by atoms with Gasteiger partial charge in [-0.25, -0.2) is 9.37 Å². The van der Waals surface area contributed by atoms with Gasteiger partial charge in [-0.1, -0.05) is 12.1 Å². The third-order valence-electron chi connectivity index (χ3n) is 6.50. The fraction of sp³-hybridized carbons (Fsp3) is 0.400. The van der Waals surface area contributed by atoms with Gasteiger partial charge in [-0.05, 0) is 32.9 Å². The molecule has 1 aliphatic rings. The van der Waals surface area contributed by atoms with E-state index in [0.717, 1.165) is 22.2 Å². The molecule has 0 radical (unpaired) electrons. The molecule has 0 N–H and O–H groups in total. The number of nitrogens with zero attached hydrogens (tertiary/aromatic N) is 8. The Morgan fingerprint density at radius 2 is 1.94 bits per heavy atom. The lowest BCUT2D eigenvalue weighted by atomic mass is 9.90. The number of piperidine rings is 1. The molecule has 1 saturated heterocycles. The SMILES string of the molecule is Cn1cnnc1C1(F)CCN(c2c(C#N)cccc2-c2cnc3nn(C(C)(C)C)cc3c2)CC1. The van der Waals surface area contributed by atoms with Crippen molar-refractivity contribution in [2.24, 2.45) is 7.05 Å². The fourth-order valence-electron chi connectivity index (χ4n) is 4.61. The highest BCUT2D eigenvalue weighted by Gasteiger charge is 2.40. The number of hydrogen-bond donors (Lipinski definition) is 0. The normalized spacial score (nSPS) is 16.1. The van der Waals surface area contributed by atoms with Crippen LogP contribution in [0.25, 0.3) is 22.2 Å². The molecule has 0 unspecified atom stereocenters. The van der Waals surface area contributed by atoms with Crippen molar-refractivity contribution in [3.05, 3.63) is 54.4 Å². The van der Waals surface area contributed by atoms with Crippen LogP contribution >= 0.6 is 0 Å². The summed E-state index contributed by atoms with van der Waals surface area (Å²) in [6.45, 7) is 7.21. The molecule has 0 saturated carbocycles. The van der Waals surface area contributed by atoms with E-state index in [1.165, 1.54) is 6.33 Å². The highest BCUT2D eigenvalue weighted by atomic mass is 19.1. The van der Waals surface area contributed by atoms with Gasteiger partial charge in [-0.15, -0.1) is 10.2 Å². The summed E-state index contributed by atoms with van der Waals surface area (Å²) in [5.41, 5.74) is 2.18. The predicted octanol–water partition coefficient (Wildman–Crippen LogP) is 4.32. The van der Waals surface area contributed by atoms with Crippen molar-refractivity contribution in [1.29, 1.82) is 5.26 Å². The lowest BCUT2D eigenvalue weighted by Gasteiger charge is -2.38. The van der Waals surface area contributed by atoms with Crippen molar-refractivity contribution in [1.82, 2.24) is 29.5 Å². The van der Waals surface area contributed by atoms with Crippen molar-refractivity contribution in [2.75, 3.05) is 18.0 Å². The van der Waals surface area contributed by atoms with Crippen LogP contribution in [-0.4, -0.2) is 42.6 Å². The van der Waals surface area contributed by atoms with Gasteiger partial charge in [0.2, 0.25) is 0 Å². The molecule has 4 aromatic rings. The number of halogens is 1. The van der Waals surface area contributed by atoms with Gasteiger partial charge in [0.05, 0.1) is 16.8 Å². The maximum Gasteiger partial charge on any atom is 0.181 e. The van der Waals surface area contributed by atoms with Gasteiger partial charge in [0, 0.05) is 61.9 Å². The van der Waals surface area contributed by atoms with Crippen molar-refractivity contribution in [3.63, 3.8) is 0 Å². The second-order valence-corrected chi connectivity index (χ2v) is 9.91. The Hall–Kier alpha value is -3.80. The van der Waals surface area contributed by atoms with Gasteiger partial charge >= 0.3 is 0 Å². The van der Waals surface area contributed by atoms with E-state index in [9.17, 15) is 5.26 Å². The number of aromatic nitrogens is 6. The molecular formula is C25H27FN8. The standard InChI is InChI=1S/C25H27FN8/c1-24(2,3)34-15-19-12-18(14-28-22(19)31-34)20-7-5-6-17(13-27)21(20)33-10-8-25(26,9-11-33)23-30-29-16-32(23)4/h5-7,12,14-16H,8-11H2,1-4H3. The van der Waals surface area contributed by atoms with E-state index in [4.69, 9.17) is 0 Å². The van der Waals surface area contributed by atoms with Crippen LogP contribution in [0, 0.1) is 11.3 Å². The Bertz CT molecular complexity index is 1400. The molecule has 34 heavy (non-hydrogen) atoms. The third kappa shape index (κ3) is 3.69. The zero-order valence-corrected chi connectivity index (χ0v) is 19.8. The van der Waals surface area contributed by atoms with Gasteiger partial charge in [0.1, 0.15) is 12.4 Å². The first kappa shape index (κ1) is 22.0. The zero-order valence-electron chi connectivity index (χ0n) is 19.8. The summed E-state index contributed by atoms with van der Waals surface area (Å²) in [6.07, 6.45) is 5.87. The first-order valence-corrected chi connectivity index (χ1v) is 11.4. The number of hydrogen-bond acceptors (Lipinski definition) is 6. The van der Waals surface area contributed by atoms with Crippen LogP contribution in [-0.2, 0) is 18.3 Å². The first-order valence-electron chi connectivity index (χ1n) is 11.4. The monoisotopic (exact) mass is 458 g/mol. The summed E-state index contributed by atoms with van der Waals surface area (Å²) < 4.78 is 19.3. The third-order valence-corrected chi connectivity index (χ3v) is 6.50. The number of para-hydroxylation sites is 1. The largest absolute Gasteiger partial charge is 0.370 e. The van der Waals surface area contributed by atoms with Gasteiger partial charge in [-0.2, -0.15) is 10.4 Å². The molecule has 0 atom stereocenters. The fourth-order valence-corrected chi connectivity index (χ4v) is 4.61. The Morgan fingerprint density at radius 3 is 2.59 bits per heavy atom. The number of pyridine rings is 1. The molecule has 0 bridgehead atoms. The Morgan fingerprint density at radius 1 is 1.18 bits per heavy atom. The highest BCUT2D eigenvalue weighted by Crippen LogP contribution is 2.41.